The molecule has 0 radical (unpaired) electrons. The number of halogens is 2. The molecule has 2 aromatic rings. The van der Waals surface area contributed by atoms with E-state index in [2.05, 4.69) is 58.1 Å². The van der Waals surface area contributed by atoms with Gasteiger partial charge in [-0.1, -0.05) is 37.3 Å². The number of piperidine rings is 1. The fraction of sp³-hybridized carbons (Fsp3) is 0.455. The van der Waals surface area contributed by atoms with Crippen LogP contribution in [0.3, 0.4) is 0 Å². The zero-order valence-corrected chi connectivity index (χ0v) is 18.1. The highest BCUT2D eigenvalue weighted by Gasteiger charge is 2.39. The summed E-state index contributed by atoms with van der Waals surface area (Å²) >= 11 is 3.68. The van der Waals surface area contributed by atoms with E-state index in [1.54, 1.807) is 0 Å². The number of benzene rings is 2. The van der Waals surface area contributed by atoms with Crippen LogP contribution in [0.25, 0.3) is 0 Å². The Bertz CT molecular complexity index is 753. The molecule has 27 heavy (non-hydrogen) atoms. The van der Waals surface area contributed by atoms with Crippen LogP contribution in [0.4, 0.5) is 0 Å². The fourth-order valence-electron chi connectivity index (χ4n) is 4.33. The lowest BCUT2D eigenvalue weighted by molar-refractivity contribution is 0.0636. The standard InChI is InChI=1S/C22H26BrNO2.ClH/c1-2-12-24-13-6-9-17-19(24)15-26-22-18(23)10-11-20(21(17)22)25-14-16-7-4-3-5-8-16;/h3-5,7-8,10-11,17,19H,2,6,9,12-15H2,1H3;1H/t17-,19+;/m0./s1. The molecule has 1 fully saturated rings. The summed E-state index contributed by atoms with van der Waals surface area (Å²) in [7, 11) is 0. The summed E-state index contributed by atoms with van der Waals surface area (Å²) in [5.74, 6) is 2.44. The molecular formula is C22H27BrClNO2. The predicted molar refractivity (Wildman–Crippen MR) is 115 cm³/mol. The molecule has 146 valence electrons. The second-order valence-corrected chi connectivity index (χ2v) is 8.08. The van der Waals surface area contributed by atoms with Crippen molar-refractivity contribution in [1.29, 1.82) is 0 Å². The van der Waals surface area contributed by atoms with Gasteiger partial charge in [-0.2, -0.15) is 0 Å². The molecule has 0 bridgehead atoms. The topological polar surface area (TPSA) is 21.7 Å². The van der Waals surface area contributed by atoms with E-state index in [9.17, 15) is 0 Å². The quantitative estimate of drug-likeness (QED) is 0.572. The van der Waals surface area contributed by atoms with Crippen molar-refractivity contribution in [3.63, 3.8) is 0 Å². The first-order valence-corrected chi connectivity index (χ1v) is 10.4. The Morgan fingerprint density at radius 2 is 2.00 bits per heavy atom. The maximum atomic E-state index is 6.27. The minimum Gasteiger partial charge on any atom is -0.490 e. The van der Waals surface area contributed by atoms with E-state index >= 15 is 0 Å². The molecule has 0 saturated carbocycles. The van der Waals surface area contributed by atoms with Crippen LogP contribution in [0.5, 0.6) is 11.5 Å². The first-order valence-electron chi connectivity index (χ1n) is 9.64. The summed E-state index contributed by atoms with van der Waals surface area (Å²) in [5, 5.41) is 0. The monoisotopic (exact) mass is 451 g/mol. The number of rotatable bonds is 5. The minimum atomic E-state index is 0. The van der Waals surface area contributed by atoms with Crippen molar-refractivity contribution in [2.75, 3.05) is 19.7 Å². The molecule has 0 spiro atoms. The van der Waals surface area contributed by atoms with E-state index in [0.717, 1.165) is 29.1 Å². The number of likely N-dealkylation sites (tertiary alicyclic amines) is 1. The Balaban J connectivity index is 0.00000210. The molecule has 2 atom stereocenters. The number of ether oxygens (including phenoxy) is 2. The van der Waals surface area contributed by atoms with Crippen LogP contribution in [0, 0.1) is 0 Å². The zero-order valence-electron chi connectivity index (χ0n) is 15.7. The lowest BCUT2D eigenvalue weighted by Crippen LogP contribution is -2.49. The molecule has 2 heterocycles. The second-order valence-electron chi connectivity index (χ2n) is 7.23. The van der Waals surface area contributed by atoms with Crippen molar-refractivity contribution in [3.8, 4) is 11.5 Å². The van der Waals surface area contributed by atoms with Crippen LogP contribution >= 0.6 is 28.3 Å². The van der Waals surface area contributed by atoms with E-state index in [1.165, 1.54) is 36.9 Å². The predicted octanol–water partition coefficient (Wildman–Crippen LogP) is 5.80. The second kappa shape index (κ2) is 9.31. The Morgan fingerprint density at radius 1 is 1.19 bits per heavy atom. The Kier molecular flexibility index (Phi) is 7.07. The summed E-state index contributed by atoms with van der Waals surface area (Å²) in [5.41, 5.74) is 2.45. The van der Waals surface area contributed by atoms with Gasteiger partial charge in [-0.15, -0.1) is 12.4 Å². The Morgan fingerprint density at radius 3 is 2.78 bits per heavy atom. The third-order valence-corrected chi connectivity index (χ3v) is 6.14. The van der Waals surface area contributed by atoms with Crippen molar-refractivity contribution >= 4 is 28.3 Å². The van der Waals surface area contributed by atoms with Gasteiger partial charge in [-0.25, -0.2) is 0 Å². The van der Waals surface area contributed by atoms with Crippen LogP contribution in [0.2, 0.25) is 0 Å². The molecule has 0 aliphatic carbocycles. The average molecular weight is 453 g/mol. The van der Waals surface area contributed by atoms with Crippen molar-refractivity contribution in [3.05, 3.63) is 58.1 Å². The molecule has 0 aromatic heterocycles. The molecule has 2 aliphatic heterocycles. The molecule has 2 aromatic carbocycles. The molecule has 0 N–H and O–H groups in total. The van der Waals surface area contributed by atoms with Crippen LogP contribution in [-0.2, 0) is 6.61 Å². The third kappa shape index (κ3) is 4.28. The number of hydrogen-bond acceptors (Lipinski definition) is 3. The van der Waals surface area contributed by atoms with Crippen LogP contribution in [-0.4, -0.2) is 30.6 Å². The third-order valence-electron chi connectivity index (χ3n) is 5.52. The van der Waals surface area contributed by atoms with Gasteiger partial charge in [-0.3, -0.25) is 4.90 Å². The van der Waals surface area contributed by atoms with E-state index in [-0.39, 0.29) is 12.4 Å². The smallest absolute Gasteiger partial charge is 0.140 e. The summed E-state index contributed by atoms with van der Waals surface area (Å²) in [4.78, 5) is 2.61. The van der Waals surface area contributed by atoms with Crippen molar-refractivity contribution in [1.82, 2.24) is 4.90 Å². The van der Waals surface area contributed by atoms with Gasteiger partial charge in [0.25, 0.3) is 0 Å². The summed E-state index contributed by atoms with van der Waals surface area (Å²) in [6, 6.07) is 15.0. The maximum absolute atomic E-state index is 6.27. The van der Waals surface area contributed by atoms with Gasteiger partial charge in [0.1, 0.15) is 24.7 Å². The fourth-order valence-corrected chi connectivity index (χ4v) is 4.79. The molecule has 2 aliphatic rings. The van der Waals surface area contributed by atoms with Gasteiger partial charge in [0.15, 0.2) is 0 Å². The van der Waals surface area contributed by atoms with Gasteiger partial charge < -0.3 is 9.47 Å². The molecule has 1 saturated heterocycles. The van der Waals surface area contributed by atoms with Gasteiger partial charge >= 0.3 is 0 Å². The van der Waals surface area contributed by atoms with E-state index in [1.807, 2.05) is 12.1 Å². The normalized spacial score (nSPS) is 21.4. The van der Waals surface area contributed by atoms with Gasteiger partial charge in [0.2, 0.25) is 0 Å². The van der Waals surface area contributed by atoms with Gasteiger partial charge in [0, 0.05) is 11.5 Å². The molecule has 4 rings (SSSR count). The van der Waals surface area contributed by atoms with E-state index in [4.69, 9.17) is 9.47 Å². The highest BCUT2D eigenvalue weighted by Crippen LogP contribution is 2.48. The van der Waals surface area contributed by atoms with E-state index in [0.29, 0.717) is 18.6 Å². The average Bonchev–Trinajstić information content (AvgIpc) is 2.68. The van der Waals surface area contributed by atoms with Gasteiger partial charge in [-0.05, 0) is 66.0 Å². The summed E-state index contributed by atoms with van der Waals surface area (Å²) in [6.07, 6.45) is 3.64. The molecule has 0 amide bonds. The zero-order chi connectivity index (χ0) is 17.9. The van der Waals surface area contributed by atoms with Crippen molar-refractivity contribution in [2.45, 2.75) is 44.8 Å². The molecule has 3 nitrogen and oxygen atoms in total. The molecular weight excluding hydrogens is 426 g/mol. The maximum Gasteiger partial charge on any atom is 0.140 e. The lowest BCUT2D eigenvalue weighted by Gasteiger charge is -2.45. The highest BCUT2D eigenvalue weighted by atomic mass is 79.9. The minimum absolute atomic E-state index is 0. The number of fused-ring (bicyclic) bond motifs is 3. The highest BCUT2D eigenvalue weighted by molar-refractivity contribution is 9.10. The summed E-state index contributed by atoms with van der Waals surface area (Å²) in [6.45, 7) is 5.95. The van der Waals surface area contributed by atoms with Crippen LogP contribution in [0.1, 0.15) is 43.2 Å². The molecule has 5 heteroatoms. The summed E-state index contributed by atoms with van der Waals surface area (Å²) < 4.78 is 13.5. The Hall–Kier alpha value is -1.23. The molecule has 0 unspecified atom stereocenters. The van der Waals surface area contributed by atoms with Crippen LogP contribution < -0.4 is 9.47 Å². The SMILES string of the molecule is CCCN1CCC[C@@H]2c3c(OCc4ccccc4)ccc(Br)c3OC[C@H]21.Cl. The largest absolute Gasteiger partial charge is 0.490 e. The first-order chi connectivity index (χ1) is 12.8. The van der Waals surface area contributed by atoms with E-state index < -0.39 is 0 Å². The number of hydrogen-bond donors (Lipinski definition) is 0. The van der Waals surface area contributed by atoms with Gasteiger partial charge in [0.05, 0.1) is 10.5 Å². The Labute approximate surface area is 176 Å². The first kappa shape index (κ1) is 20.5. The lowest BCUT2D eigenvalue weighted by atomic mass is 9.81. The van der Waals surface area contributed by atoms with Crippen LogP contribution in [0.15, 0.2) is 46.9 Å². The van der Waals surface area contributed by atoms with Crippen molar-refractivity contribution in [2.24, 2.45) is 0 Å². The number of nitrogens with zero attached hydrogens (tertiary/aromatic N) is 1. The van der Waals surface area contributed by atoms with Crippen molar-refractivity contribution < 1.29 is 9.47 Å².